The highest BCUT2D eigenvalue weighted by Gasteiger charge is 2.60. The first-order valence-corrected chi connectivity index (χ1v) is 6.24. The van der Waals surface area contributed by atoms with Gasteiger partial charge in [0.1, 0.15) is 11.0 Å². The van der Waals surface area contributed by atoms with Gasteiger partial charge in [0.15, 0.2) is 6.10 Å². The molecule has 1 N–H and O–H groups in total. The van der Waals surface area contributed by atoms with Crippen LogP contribution in [0.25, 0.3) is 11.0 Å². The third-order valence-corrected chi connectivity index (χ3v) is 3.51. The first kappa shape index (κ1) is 12.3. The molecule has 5 nitrogen and oxygen atoms in total. The van der Waals surface area contributed by atoms with Gasteiger partial charge in [-0.1, -0.05) is 0 Å². The van der Waals surface area contributed by atoms with Crippen LogP contribution in [0, 0.1) is 4.77 Å². The number of alkyl halides is 2. The number of rotatable bonds is 3. The molecule has 1 saturated carbocycles. The molecule has 0 saturated heterocycles. The molecule has 0 bridgehead atoms. The minimum atomic E-state index is -2.81. The van der Waals surface area contributed by atoms with Crippen LogP contribution in [0.1, 0.15) is 13.3 Å². The van der Waals surface area contributed by atoms with Gasteiger partial charge in [-0.15, -0.1) is 0 Å². The zero-order valence-corrected chi connectivity index (χ0v) is 10.8. The highest BCUT2D eigenvalue weighted by Crippen LogP contribution is 2.42. The topological polar surface area (TPSA) is 52.0 Å². The van der Waals surface area contributed by atoms with Crippen molar-refractivity contribution in [3.63, 3.8) is 0 Å². The van der Waals surface area contributed by atoms with E-state index in [0.717, 1.165) is 4.73 Å². The molecule has 3 rings (SSSR count). The fraction of sp³-hybridized carbons (Fsp3) is 0.455. The van der Waals surface area contributed by atoms with Crippen molar-refractivity contribution < 1.29 is 13.6 Å². The van der Waals surface area contributed by atoms with E-state index < -0.39 is 12.0 Å². The molecular formula is C11H11F2N3O2S. The van der Waals surface area contributed by atoms with Crippen LogP contribution in [0.3, 0.4) is 0 Å². The van der Waals surface area contributed by atoms with Crippen molar-refractivity contribution >= 4 is 23.3 Å². The predicted octanol–water partition coefficient (Wildman–Crippen LogP) is 1.72. The summed E-state index contributed by atoms with van der Waals surface area (Å²) >= 11 is 5.14. The van der Waals surface area contributed by atoms with E-state index in [1.807, 2.05) is 0 Å². The summed E-state index contributed by atoms with van der Waals surface area (Å²) in [4.78, 5) is 20.1. The molecule has 0 radical (unpaired) electrons. The first-order valence-electron chi connectivity index (χ1n) is 5.83. The van der Waals surface area contributed by atoms with Crippen molar-refractivity contribution in [1.82, 2.24) is 14.3 Å². The number of fused-ring (bicyclic) bond motifs is 1. The van der Waals surface area contributed by atoms with E-state index >= 15 is 0 Å². The molecule has 8 heteroatoms. The van der Waals surface area contributed by atoms with Crippen LogP contribution < -0.4 is 10.4 Å². The summed E-state index contributed by atoms with van der Waals surface area (Å²) in [7, 11) is 0. The van der Waals surface area contributed by atoms with Crippen LogP contribution in [-0.4, -0.2) is 26.3 Å². The molecule has 2 aromatic rings. The number of aromatic amines is 1. The number of hydrogen-bond donors (Lipinski definition) is 1. The van der Waals surface area contributed by atoms with E-state index in [0.29, 0.717) is 17.6 Å². The van der Waals surface area contributed by atoms with Gasteiger partial charge >= 0.3 is 0 Å². The number of aromatic nitrogens is 3. The van der Waals surface area contributed by atoms with Gasteiger partial charge in [-0.3, -0.25) is 9.36 Å². The average molecular weight is 287 g/mol. The largest absolute Gasteiger partial charge is 0.401 e. The standard InChI is InChI=1S/C11H11F2N3O2S/c1-2-15-9(17)8-6(3-4-14-8)16(10(15)19)18-7-5-11(7,12)13/h3-4,7,14H,2,5H2,1H3. The number of nitrogens with zero attached hydrogens (tertiary/aromatic N) is 2. The quantitative estimate of drug-likeness (QED) is 0.875. The SMILES string of the molecule is CCn1c(=O)c2[nH]ccc2n(OC2CC2(F)F)c1=S. The minimum absolute atomic E-state index is 0.0855. The molecule has 0 spiro atoms. The van der Waals surface area contributed by atoms with Gasteiger partial charge in [0.2, 0.25) is 4.77 Å². The normalized spacial score (nSPS) is 20.7. The van der Waals surface area contributed by atoms with E-state index in [-0.39, 0.29) is 16.8 Å². The highest BCUT2D eigenvalue weighted by atomic mass is 32.1. The second kappa shape index (κ2) is 3.89. The van der Waals surface area contributed by atoms with Gasteiger partial charge in [-0.25, -0.2) is 8.78 Å². The third-order valence-electron chi connectivity index (χ3n) is 3.12. The molecular weight excluding hydrogens is 276 g/mol. The molecule has 1 aliphatic rings. The number of H-pyrrole nitrogens is 1. The summed E-state index contributed by atoms with van der Waals surface area (Å²) in [5.74, 6) is -2.81. The Hall–Kier alpha value is -1.70. The Bertz CT molecular complexity index is 761. The zero-order valence-electron chi connectivity index (χ0n) is 10.0. The maximum atomic E-state index is 13.0. The number of hydrogen-bond acceptors (Lipinski definition) is 3. The summed E-state index contributed by atoms with van der Waals surface area (Å²) in [6.45, 7) is 2.10. The molecule has 2 aromatic heterocycles. The van der Waals surface area contributed by atoms with Crippen LogP contribution in [0.4, 0.5) is 8.78 Å². The van der Waals surface area contributed by atoms with Crippen molar-refractivity contribution in [3.05, 3.63) is 27.4 Å². The second-order valence-corrected chi connectivity index (χ2v) is 4.79. The van der Waals surface area contributed by atoms with Crippen molar-refractivity contribution in [3.8, 4) is 0 Å². The fourth-order valence-electron chi connectivity index (χ4n) is 1.95. The lowest BCUT2D eigenvalue weighted by Gasteiger charge is -2.13. The maximum Gasteiger partial charge on any atom is 0.290 e. The van der Waals surface area contributed by atoms with Gasteiger partial charge < -0.3 is 9.82 Å². The van der Waals surface area contributed by atoms with E-state index in [4.69, 9.17) is 17.1 Å². The molecule has 1 unspecified atom stereocenters. The van der Waals surface area contributed by atoms with Crippen LogP contribution in [0.5, 0.6) is 0 Å². The maximum absolute atomic E-state index is 13.0. The molecule has 19 heavy (non-hydrogen) atoms. The van der Waals surface area contributed by atoms with Crippen molar-refractivity contribution in [2.45, 2.75) is 31.9 Å². The Morgan fingerprint density at radius 3 is 2.89 bits per heavy atom. The summed E-state index contributed by atoms with van der Waals surface area (Å²) in [6, 6.07) is 1.58. The van der Waals surface area contributed by atoms with Crippen LogP contribution in [0.2, 0.25) is 0 Å². The van der Waals surface area contributed by atoms with Crippen molar-refractivity contribution in [1.29, 1.82) is 0 Å². The van der Waals surface area contributed by atoms with E-state index in [1.54, 1.807) is 19.2 Å². The van der Waals surface area contributed by atoms with E-state index in [9.17, 15) is 13.6 Å². The predicted molar refractivity (Wildman–Crippen MR) is 67.0 cm³/mol. The Morgan fingerprint density at radius 1 is 1.63 bits per heavy atom. The van der Waals surface area contributed by atoms with Gasteiger partial charge in [-0.2, -0.15) is 4.73 Å². The second-order valence-electron chi connectivity index (χ2n) is 4.42. The molecule has 0 aromatic carbocycles. The molecule has 0 amide bonds. The molecule has 1 fully saturated rings. The summed E-state index contributed by atoms with van der Waals surface area (Å²) in [6.07, 6.45) is 0.0395. The lowest BCUT2D eigenvalue weighted by molar-refractivity contribution is 0.00574. The van der Waals surface area contributed by atoms with Crippen molar-refractivity contribution in [2.75, 3.05) is 0 Å². The highest BCUT2D eigenvalue weighted by molar-refractivity contribution is 7.71. The van der Waals surface area contributed by atoms with Crippen LogP contribution >= 0.6 is 12.2 Å². The third kappa shape index (κ3) is 1.78. The smallest absolute Gasteiger partial charge is 0.290 e. The molecule has 2 heterocycles. The van der Waals surface area contributed by atoms with Gasteiger partial charge in [-0.05, 0) is 25.2 Å². The Kier molecular flexibility index (Phi) is 2.53. The van der Waals surface area contributed by atoms with Crippen LogP contribution in [0.15, 0.2) is 17.1 Å². The average Bonchev–Trinajstić information content (AvgIpc) is 2.79. The van der Waals surface area contributed by atoms with Gasteiger partial charge in [0, 0.05) is 12.7 Å². The summed E-state index contributed by atoms with van der Waals surface area (Å²) < 4.78 is 28.4. The zero-order chi connectivity index (χ0) is 13.8. The van der Waals surface area contributed by atoms with Gasteiger partial charge in [0.05, 0.1) is 6.42 Å². The fourth-order valence-corrected chi connectivity index (χ4v) is 2.30. The van der Waals surface area contributed by atoms with Crippen molar-refractivity contribution in [2.24, 2.45) is 0 Å². The summed E-state index contributed by atoms with van der Waals surface area (Å²) in [5.41, 5.74) is 0.386. The number of nitrogens with one attached hydrogen (secondary N) is 1. The van der Waals surface area contributed by atoms with E-state index in [2.05, 4.69) is 4.98 Å². The summed E-state index contributed by atoms with van der Waals surface area (Å²) in [5, 5.41) is 0. The number of halogens is 2. The lowest BCUT2D eigenvalue weighted by Crippen LogP contribution is -2.29. The molecule has 102 valence electrons. The minimum Gasteiger partial charge on any atom is -0.401 e. The lowest BCUT2D eigenvalue weighted by atomic mass is 10.4. The van der Waals surface area contributed by atoms with Gasteiger partial charge in [0.25, 0.3) is 11.5 Å². The Morgan fingerprint density at radius 2 is 2.32 bits per heavy atom. The molecule has 1 atom stereocenters. The van der Waals surface area contributed by atoms with Crippen LogP contribution in [-0.2, 0) is 6.54 Å². The molecule has 1 aliphatic carbocycles. The molecule has 0 aliphatic heterocycles. The Balaban J connectivity index is 2.20. The Labute approximate surface area is 111 Å². The van der Waals surface area contributed by atoms with E-state index in [1.165, 1.54) is 4.57 Å². The monoisotopic (exact) mass is 287 g/mol. The first-order chi connectivity index (χ1) is 8.95.